The van der Waals surface area contributed by atoms with Crippen molar-refractivity contribution >= 4 is 22.7 Å². The minimum Gasteiger partial charge on any atom is -0.302 e. The van der Waals surface area contributed by atoms with Gasteiger partial charge < -0.3 is 4.90 Å². The van der Waals surface area contributed by atoms with Crippen molar-refractivity contribution in [1.29, 1.82) is 0 Å². The van der Waals surface area contributed by atoms with E-state index < -0.39 is 5.37 Å². The van der Waals surface area contributed by atoms with E-state index in [-0.39, 0.29) is 5.41 Å². The first-order chi connectivity index (χ1) is 6.82. The molecular weight excluding hydrogens is 210 g/mol. The van der Waals surface area contributed by atoms with Crippen LogP contribution in [0.2, 0.25) is 0 Å². The number of nitrogens with zero attached hydrogens (tertiary/aromatic N) is 1. The van der Waals surface area contributed by atoms with E-state index in [0.29, 0.717) is 0 Å². The normalized spacial score (nSPS) is 11.3. The molecule has 0 atom stereocenters. The van der Waals surface area contributed by atoms with Gasteiger partial charge in [-0.15, -0.1) is 0 Å². The Labute approximate surface area is 95.8 Å². The molecule has 82 valence electrons. The fourth-order valence-electron chi connectivity index (χ4n) is 1.29. The van der Waals surface area contributed by atoms with E-state index in [1.165, 1.54) is 10.5 Å². The highest BCUT2D eigenvalue weighted by molar-refractivity contribution is 6.66. The van der Waals surface area contributed by atoms with Gasteiger partial charge >= 0.3 is 5.37 Å². The van der Waals surface area contributed by atoms with Gasteiger partial charge in [0, 0.05) is 12.7 Å². The molecule has 1 aromatic carbocycles. The van der Waals surface area contributed by atoms with Crippen LogP contribution in [0.5, 0.6) is 0 Å². The van der Waals surface area contributed by atoms with Crippen molar-refractivity contribution in [3.8, 4) is 0 Å². The molecule has 1 rings (SSSR count). The summed E-state index contributed by atoms with van der Waals surface area (Å²) in [4.78, 5) is 12.3. The predicted octanol–water partition coefficient (Wildman–Crippen LogP) is 3.78. The Kier molecular flexibility index (Phi) is 3.40. The van der Waals surface area contributed by atoms with Crippen LogP contribution in [-0.4, -0.2) is 12.4 Å². The summed E-state index contributed by atoms with van der Waals surface area (Å²) in [5.74, 6) is 0. The first-order valence-electron chi connectivity index (χ1n) is 4.86. The van der Waals surface area contributed by atoms with E-state index in [1.807, 2.05) is 24.3 Å². The lowest BCUT2D eigenvalue weighted by Crippen LogP contribution is -2.19. The number of halogens is 1. The van der Waals surface area contributed by atoms with Gasteiger partial charge in [-0.3, -0.25) is 4.79 Å². The predicted molar refractivity (Wildman–Crippen MR) is 64.8 cm³/mol. The third kappa shape index (κ3) is 2.96. The molecule has 0 fully saturated rings. The number of anilines is 1. The van der Waals surface area contributed by atoms with Gasteiger partial charge in [0.2, 0.25) is 0 Å². The molecule has 0 aliphatic carbocycles. The molecule has 0 heterocycles. The van der Waals surface area contributed by atoms with Gasteiger partial charge in [0.25, 0.3) is 0 Å². The molecular formula is C12H16ClNO. The standard InChI is InChI=1S/C12H16ClNO/c1-12(2,3)9-5-7-10(8-6-9)14(4)11(13)15/h5-8H,1-4H3. The Morgan fingerprint density at radius 1 is 1.20 bits per heavy atom. The lowest BCUT2D eigenvalue weighted by molar-refractivity contribution is 0.265. The molecule has 0 radical (unpaired) electrons. The van der Waals surface area contributed by atoms with E-state index in [1.54, 1.807) is 7.05 Å². The quantitative estimate of drug-likeness (QED) is 0.526. The van der Waals surface area contributed by atoms with Crippen LogP contribution >= 0.6 is 11.6 Å². The highest BCUT2D eigenvalue weighted by atomic mass is 35.5. The minimum atomic E-state index is -0.474. The van der Waals surface area contributed by atoms with Crippen LogP contribution in [0.15, 0.2) is 24.3 Å². The van der Waals surface area contributed by atoms with Crippen LogP contribution in [-0.2, 0) is 5.41 Å². The minimum absolute atomic E-state index is 0.127. The van der Waals surface area contributed by atoms with Crippen molar-refractivity contribution in [1.82, 2.24) is 0 Å². The smallest absolute Gasteiger partial charge is 0.302 e. The van der Waals surface area contributed by atoms with Crippen LogP contribution in [0.1, 0.15) is 26.3 Å². The fraction of sp³-hybridized carbons (Fsp3) is 0.417. The van der Waals surface area contributed by atoms with Crippen molar-refractivity contribution in [2.45, 2.75) is 26.2 Å². The zero-order chi connectivity index (χ0) is 11.6. The first-order valence-corrected chi connectivity index (χ1v) is 5.24. The monoisotopic (exact) mass is 225 g/mol. The molecule has 0 N–H and O–H groups in total. The van der Waals surface area contributed by atoms with Gasteiger partial charge in [0.1, 0.15) is 0 Å². The Balaban J connectivity index is 2.95. The second kappa shape index (κ2) is 4.23. The molecule has 2 nitrogen and oxygen atoms in total. The third-order valence-corrected chi connectivity index (χ3v) is 2.64. The Hall–Kier alpha value is -1.02. The molecule has 3 heteroatoms. The van der Waals surface area contributed by atoms with E-state index in [4.69, 9.17) is 11.6 Å². The number of benzene rings is 1. The first kappa shape index (κ1) is 12.1. The van der Waals surface area contributed by atoms with Crippen LogP contribution in [0.4, 0.5) is 10.5 Å². The Morgan fingerprint density at radius 3 is 2.00 bits per heavy atom. The lowest BCUT2D eigenvalue weighted by atomic mass is 9.87. The summed E-state index contributed by atoms with van der Waals surface area (Å²) in [6.45, 7) is 6.45. The molecule has 0 aliphatic heterocycles. The van der Waals surface area contributed by atoms with Gasteiger partial charge in [-0.25, -0.2) is 0 Å². The molecule has 1 amide bonds. The maximum absolute atomic E-state index is 10.9. The Bertz CT molecular complexity index is 351. The molecule has 15 heavy (non-hydrogen) atoms. The third-order valence-electron chi connectivity index (χ3n) is 2.38. The zero-order valence-corrected chi connectivity index (χ0v) is 10.3. The summed E-state index contributed by atoms with van der Waals surface area (Å²) < 4.78 is 0. The average Bonchev–Trinajstić information content (AvgIpc) is 2.15. The number of hydrogen-bond donors (Lipinski definition) is 0. The van der Waals surface area contributed by atoms with Crippen LogP contribution in [0.3, 0.4) is 0 Å². The molecule has 0 unspecified atom stereocenters. The molecule has 0 aromatic heterocycles. The number of hydrogen-bond acceptors (Lipinski definition) is 1. The molecule has 0 saturated heterocycles. The number of carbonyl (C=O) groups excluding carboxylic acids is 1. The van der Waals surface area contributed by atoms with Crippen molar-refractivity contribution in [2.24, 2.45) is 0 Å². The fourth-order valence-corrected chi connectivity index (χ4v) is 1.38. The lowest BCUT2D eigenvalue weighted by Gasteiger charge is -2.20. The SMILES string of the molecule is CN(C(=O)Cl)c1ccc(C(C)(C)C)cc1. The summed E-state index contributed by atoms with van der Waals surface area (Å²) in [7, 11) is 1.65. The second-order valence-electron chi connectivity index (χ2n) is 4.61. The van der Waals surface area contributed by atoms with Gasteiger partial charge in [-0.1, -0.05) is 32.9 Å². The van der Waals surface area contributed by atoms with Crippen molar-refractivity contribution in [2.75, 3.05) is 11.9 Å². The number of rotatable bonds is 1. The average molecular weight is 226 g/mol. The summed E-state index contributed by atoms with van der Waals surface area (Å²) in [6, 6.07) is 7.85. The summed E-state index contributed by atoms with van der Waals surface area (Å²) in [5.41, 5.74) is 2.17. The van der Waals surface area contributed by atoms with E-state index >= 15 is 0 Å². The molecule has 1 aromatic rings. The van der Waals surface area contributed by atoms with Gasteiger partial charge in [-0.05, 0) is 34.7 Å². The van der Waals surface area contributed by atoms with Gasteiger partial charge in [-0.2, -0.15) is 0 Å². The summed E-state index contributed by atoms with van der Waals surface area (Å²) in [5, 5.41) is -0.474. The molecule has 0 saturated carbocycles. The van der Waals surface area contributed by atoms with Crippen molar-refractivity contribution < 1.29 is 4.79 Å². The highest BCUT2D eigenvalue weighted by Gasteiger charge is 2.14. The molecule has 0 bridgehead atoms. The van der Waals surface area contributed by atoms with Crippen LogP contribution in [0.25, 0.3) is 0 Å². The number of amides is 1. The van der Waals surface area contributed by atoms with Crippen molar-refractivity contribution in [3.05, 3.63) is 29.8 Å². The zero-order valence-electron chi connectivity index (χ0n) is 9.54. The van der Waals surface area contributed by atoms with E-state index in [9.17, 15) is 4.79 Å². The number of carbonyl (C=O) groups is 1. The summed E-state index contributed by atoms with van der Waals surface area (Å²) >= 11 is 5.38. The van der Waals surface area contributed by atoms with Gasteiger partial charge in [0.05, 0.1) is 0 Å². The maximum atomic E-state index is 10.9. The van der Waals surface area contributed by atoms with E-state index in [0.717, 1.165) is 5.69 Å². The van der Waals surface area contributed by atoms with Crippen molar-refractivity contribution in [3.63, 3.8) is 0 Å². The Morgan fingerprint density at radius 2 is 1.67 bits per heavy atom. The summed E-state index contributed by atoms with van der Waals surface area (Å²) in [6.07, 6.45) is 0. The molecule has 0 spiro atoms. The van der Waals surface area contributed by atoms with Gasteiger partial charge in [0.15, 0.2) is 0 Å². The second-order valence-corrected chi connectivity index (χ2v) is 4.93. The topological polar surface area (TPSA) is 20.3 Å². The van der Waals surface area contributed by atoms with Crippen LogP contribution < -0.4 is 4.90 Å². The van der Waals surface area contributed by atoms with E-state index in [2.05, 4.69) is 20.8 Å². The highest BCUT2D eigenvalue weighted by Crippen LogP contribution is 2.24. The molecule has 0 aliphatic rings. The largest absolute Gasteiger partial charge is 0.320 e. The maximum Gasteiger partial charge on any atom is 0.320 e. The van der Waals surface area contributed by atoms with Crippen LogP contribution in [0, 0.1) is 0 Å².